The van der Waals surface area contributed by atoms with Crippen LogP contribution in [-0.2, 0) is 11.2 Å². The Hall–Kier alpha value is -0.870. The average molecular weight is 315 g/mol. The molecule has 0 saturated heterocycles. The summed E-state index contributed by atoms with van der Waals surface area (Å²) in [4.78, 5) is 11.2. The van der Waals surface area contributed by atoms with Crippen LogP contribution in [0.15, 0.2) is 28.7 Å². The minimum Gasteiger partial charge on any atom is -0.481 e. The predicted octanol–water partition coefficient (Wildman–Crippen LogP) is 3.24. The van der Waals surface area contributed by atoms with Crippen molar-refractivity contribution >= 4 is 21.9 Å². The van der Waals surface area contributed by atoms with E-state index >= 15 is 0 Å². The highest BCUT2D eigenvalue weighted by Gasteiger charge is 2.36. The first kappa shape index (κ1) is 15.2. The van der Waals surface area contributed by atoms with Crippen LogP contribution in [0.5, 0.6) is 0 Å². The third-order valence-corrected chi connectivity index (χ3v) is 3.63. The lowest BCUT2D eigenvalue weighted by molar-refractivity contribution is -0.151. The highest BCUT2D eigenvalue weighted by molar-refractivity contribution is 9.10. The normalized spacial score (nSPS) is 16.0. The minimum atomic E-state index is -1.23. The molecular weight excluding hydrogens is 296 g/mol. The van der Waals surface area contributed by atoms with Gasteiger partial charge in [0.25, 0.3) is 0 Å². The summed E-state index contributed by atoms with van der Waals surface area (Å²) >= 11 is 3.35. The van der Waals surface area contributed by atoms with Gasteiger partial charge < -0.3 is 10.2 Å². The molecular formula is C14H19BrO3. The summed E-state index contributed by atoms with van der Waals surface area (Å²) in [5, 5.41) is 19.6. The Morgan fingerprint density at radius 1 is 1.39 bits per heavy atom. The Balaban J connectivity index is 2.84. The molecule has 2 N–H and O–H groups in total. The number of hydrogen-bond donors (Lipinski definition) is 2. The van der Waals surface area contributed by atoms with E-state index in [1.165, 1.54) is 0 Å². The molecule has 1 aromatic carbocycles. The van der Waals surface area contributed by atoms with Crippen molar-refractivity contribution in [3.05, 3.63) is 34.3 Å². The summed E-state index contributed by atoms with van der Waals surface area (Å²) in [6, 6.07) is 7.56. The molecule has 0 radical (unpaired) electrons. The standard InChI is InChI=1S/C14H19BrO3/c1-3-4-12(13(16)17)14(2,18)9-10-5-7-11(15)8-6-10/h5-8,12,18H,3-4,9H2,1-2H3,(H,16,17). The second kappa shape index (κ2) is 6.34. The van der Waals surface area contributed by atoms with Gasteiger partial charge in [0, 0.05) is 10.9 Å². The monoisotopic (exact) mass is 314 g/mol. The highest BCUT2D eigenvalue weighted by Crippen LogP contribution is 2.27. The largest absolute Gasteiger partial charge is 0.481 e. The van der Waals surface area contributed by atoms with Crippen molar-refractivity contribution in [1.82, 2.24) is 0 Å². The summed E-state index contributed by atoms with van der Waals surface area (Å²) in [7, 11) is 0. The second-order valence-electron chi connectivity index (χ2n) is 4.84. The number of carboxylic acid groups (broad SMARTS) is 1. The van der Waals surface area contributed by atoms with Crippen molar-refractivity contribution in [2.45, 2.75) is 38.7 Å². The molecule has 0 fully saturated rings. The molecule has 2 atom stereocenters. The molecule has 4 heteroatoms. The summed E-state index contributed by atoms with van der Waals surface area (Å²) in [5.74, 6) is -1.66. The number of aliphatic carboxylic acids is 1. The van der Waals surface area contributed by atoms with E-state index in [9.17, 15) is 15.0 Å². The van der Waals surface area contributed by atoms with E-state index in [0.717, 1.165) is 16.5 Å². The van der Waals surface area contributed by atoms with Crippen molar-refractivity contribution in [3.8, 4) is 0 Å². The Bertz CT molecular complexity index is 398. The van der Waals surface area contributed by atoms with Gasteiger partial charge in [-0.25, -0.2) is 0 Å². The van der Waals surface area contributed by atoms with Gasteiger partial charge in [-0.2, -0.15) is 0 Å². The Kier molecular flexibility index (Phi) is 5.35. The lowest BCUT2D eigenvalue weighted by Gasteiger charge is -2.30. The van der Waals surface area contributed by atoms with Gasteiger partial charge in [0.05, 0.1) is 11.5 Å². The fraction of sp³-hybridized carbons (Fsp3) is 0.500. The molecule has 2 unspecified atom stereocenters. The average Bonchev–Trinajstić information content (AvgIpc) is 2.28. The highest BCUT2D eigenvalue weighted by atomic mass is 79.9. The van der Waals surface area contributed by atoms with Crippen LogP contribution in [0.4, 0.5) is 0 Å². The fourth-order valence-corrected chi connectivity index (χ4v) is 2.39. The van der Waals surface area contributed by atoms with Crippen LogP contribution in [0.25, 0.3) is 0 Å². The number of rotatable bonds is 6. The number of carbonyl (C=O) groups is 1. The lowest BCUT2D eigenvalue weighted by atomic mass is 9.81. The third-order valence-electron chi connectivity index (χ3n) is 3.10. The van der Waals surface area contributed by atoms with E-state index in [4.69, 9.17) is 0 Å². The zero-order chi connectivity index (χ0) is 13.8. The number of aliphatic hydroxyl groups is 1. The summed E-state index contributed by atoms with van der Waals surface area (Å²) < 4.78 is 0.967. The van der Waals surface area contributed by atoms with Crippen LogP contribution < -0.4 is 0 Å². The van der Waals surface area contributed by atoms with Gasteiger partial charge in [-0.15, -0.1) is 0 Å². The quantitative estimate of drug-likeness (QED) is 0.847. The van der Waals surface area contributed by atoms with Crippen molar-refractivity contribution < 1.29 is 15.0 Å². The Labute approximate surface area is 116 Å². The molecule has 0 spiro atoms. The molecule has 0 aliphatic rings. The van der Waals surface area contributed by atoms with E-state index < -0.39 is 17.5 Å². The van der Waals surface area contributed by atoms with E-state index in [-0.39, 0.29) is 0 Å². The maximum Gasteiger partial charge on any atom is 0.309 e. The molecule has 0 amide bonds. The molecule has 3 nitrogen and oxygen atoms in total. The van der Waals surface area contributed by atoms with Crippen LogP contribution in [-0.4, -0.2) is 21.8 Å². The molecule has 0 heterocycles. The smallest absolute Gasteiger partial charge is 0.309 e. The first-order valence-corrected chi connectivity index (χ1v) is 6.85. The van der Waals surface area contributed by atoms with Crippen LogP contribution in [0, 0.1) is 5.92 Å². The Morgan fingerprint density at radius 2 is 1.94 bits per heavy atom. The number of hydrogen-bond acceptors (Lipinski definition) is 2. The van der Waals surface area contributed by atoms with Gasteiger partial charge in [-0.05, 0) is 31.0 Å². The lowest BCUT2D eigenvalue weighted by Crippen LogP contribution is -2.41. The van der Waals surface area contributed by atoms with Gasteiger partial charge in [0.2, 0.25) is 0 Å². The maximum absolute atomic E-state index is 11.2. The molecule has 1 aromatic rings. The minimum absolute atomic E-state index is 0.344. The fourth-order valence-electron chi connectivity index (χ4n) is 2.13. The van der Waals surface area contributed by atoms with E-state index in [1.54, 1.807) is 6.92 Å². The molecule has 18 heavy (non-hydrogen) atoms. The molecule has 1 rings (SSSR count). The van der Waals surface area contributed by atoms with Crippen molar-refractivity contribution in [2.24, 2.45) is 5.92 Å². The molecule has 0 bridgehead atoms. The van der Waals surface area contributed by atoms with Crippen molar-refractivity contribution in [1.29, 1.82) is 0 Å². The number of carboxylic acids is 1. The van der Waals surface area contributed by atoms with E-state index in [2.05, 4.69) is 15.9 Å². The van der Waals surface area contributed by atoms with Crippen LogP contribution in [0.2, 0.25) is 0 Å². The van der Waals surface area contributed by atoms with Gasteiger partial charge in [0.15, 0.2) is 0 Å². The molecule has 0 saturated carbocycles. The first-order valence-electron chi connectivity index (χ1n) is 6.06. The van der Waals surface area contributed by atoms with Crippen LogP contribution in [0.1, 0.15) is 32.3 Å². The van der Waals surface area contributed by atoms with Gasteiger partial charge >= 0.3 is 5.97 Å². The first-order chi connectivity index (χ1) is 8.36. The van der Waals surface area contributed by atoms with Crippen LogP contribution in [0.3, 0.4) is 0 Å². The molecule has 100 valence electrons. The van der Waals surface area contributed by atoms with E-state index in [1.807, 2.05) is 31.2 Å². The predicted molar refractivity (Wildman–Crippen MR) is 74.5 cm³/mol. The molecule has 0 aliphatic carbocycles. The third kappa shape index (κ3) is 4.10. The zero-order valence-corrected chi connectivity index (χ0v) is 12.3. The van der Waals surface area contributed by atoms with Crippen LogP contribution >= 0.6 is 15.9 Å². The second-order valence-corrected chi connectivity index (χ2v) is 5.76. The van der Waals surface area contributed by atoms with Gasteiger partial charge in [-0.1, -0.05) is 41.4 Å². The van der Waals surface area contributed by atoms with Gasteiger partial charge in [-0.3, -0.25) is 4.79 Å². The van der Waals surface area contributed by atoms with E-state index in [0.29, 0.717) is 12.8 Å². The Morgan fingerprint density at radius 3 is 2.39 bits per heavy atom. The number of benzene rings is 1. The topological polar surface area (TPSA) is 57.5 Å². The summed E-state index contributed by atoms with van der Waals surface area (Å²) in [6.45, 7) is 3.52. The van der Waals surface area contributed by atoms with Gasteiger partial charge in [0.1, 0.15) is 0 Å². The maximum atomic E-state index is 11.2. The van der Waals surface area contributed by atoms with Crippen molar-refractivity contribution in [2.75, 3.05) is 0 Å². The molecule has 0 aromatic heterocycles. The summed E-state index contributed by atoms with van der Waals surface area (Å²) in [6.07, 6.45) is 1.57. The SMILES string of the molecule is CCCC(C(=O)O)C(C)(O)Cc1ccc(Br)cc1. The zero-order valence-electron chi connectivity index (χ0n) is 10.7. The van der Waals surface area contributed by atoms with Crippen molar-refractivity contribution in [3.63, 3.8) is 0 Å². The number of halogens is 1. The summed E-state index contributed by atoms with van der Waals surface area (Å²) in [5.41, 5.74) is -0.291. The molecule has 0 aliphatic heterocycles.